The quantitative estimate of drug-likeness (QED) is 0.467. The predicted octanol–water partition coefficient (Wildman–Crippen LogP) is 0.759. The van der Waals surface area contributed by atoms with Crippen molar-refractivity contribution in [1.82, 2.24) is 9.13 Å². The highest BCUT2D eigenvalue weighted by Gasteiger charge is 2.21. The molecule has 0 aliphatic carbocycles. The van der Waals surface area contributed by atoms with Crippen LogP contribution in [0.25, 0.3) is 6.08 Å². The van der Waals surface area contributed by atoms with Crippen LogP contribution in [0, 0.1) is 0 Å². The van der Waals surface area contributed by atoms with E-state index in [1.807, 2.05) is 0 Å². The number of ketones is 1. The van der Waals surface area contributed by atoms with E-state index in [2.05, 4.69) is 0 Å². The van der Waals surface area contributed by atoms with Crippen molar-refractivity contribution in [2.45, 2.75) is 0 Å². The molecule has 136 valence electrons. The Kier molecular flexibility index (Phi) is 5.78. The molecule has 0 aliphatic heterocycles. The zero-order valence-electron chi connectivity index (χ0n) is 14.1. The number of anilines is 1. The van der Waals surface area contributed by atoms with E-state index in [1.165, 1.54) is 20.2 Å². The molecule has 9 heteroatoms. The highest BCUT2D eigenvalue weighted by Crippen LogP contribution is 2.10. The molecule has 0 saturated heterocycles. The van der Waals surface area contributed by atoms with E-state index in [-0.39, 0.29) is 5.82 Å². The normalized spacial score (nSPS) is 10.9. The van der Waals surface area contributed by atoms with Crippen LogP contribution in [0.1, 0.15) is 15.9 Å². The van der Waals surface area contributed by atoms with Gasteiger partial charge in [0.25, 0.3) is 5.56 Å². The first-order chi connectivity index (χ1) is 12.2. The number of halogens is 1. The summed E-state index contributed by atoms with van der Waals surface area (Å²) in [6.07, 6.45) is 2.63. The smallest absolute Gasteiger partial charge is 0.332 e. The number of carbonyl (C=O) groups is 2. The molecule has 0 radical (unpaired) electrons. The van der Waals surface area contributed by atoms with E-state index in [0.717, 1.165) is 15.2 Å². The number of nitrogens with zero attached hydrogens (tertiary/aromatic N) is 2. The lowest BCUT2D eigenvalue weighted by atomic mass is 10.2. The highest BCUT2D eigenvalue weighted by atomic mass is 35.5. The monoisotopic (exact) mass is 377 g/mol. The van der Waals surface area contributed by atoms with Crippen molar-refractivity contribution in [3.8, 4) is 0 Å². The molecule has 0 amide bonds. The highest BCUT2D eigenvalue weighted by molar-refractivity contribution is 6.30. The van der Waals surface area contributed by atoms with Gasteiger partial charge in [0.1, 0.15) is 11.4 Å². The second-order valence-electron chi connectivity index (χ2n) is 5.38. The lowest BCUT2D eigenvalue weighted by Gasteiger charge is -2.10. The topological polar surface area (TPSA) is 113 Å². The maximum absolute atomic E-state index is 12.2. The number of aromatic nitrogens is 2. The largest absolute Gasteiger partial charge is 0.454 e. The van der Waals surface area contributed by atoms with E-state index in [0.29, 0.717) is 10.6 Å². The molecular weight excluding hydrogens is 362 g/mol. The number of esters is 1. The number of nitrogen functional groups attached to an aromatic ring is 1. The van der Waals surface area contributed by atoms with E-state index in [9.17, 15) is 19.2 Å². The minimum Gasteiger partial charge on any atom is -0.454 e. The van der Waals surface area contributed by atoms with Crippen molar-refractivity contribution >= 4 is 35.2 Å². The molecule has 8 nitrogen and oxygen atoms in total. The molecule has 26 heavy (non-hydrogen) atoms. The van der Waals surface area contributed by atoms with Gasteiger partial charge in [0.05, 0.1) is 0 Å². The third-order valence-electron chi connectivity index (χ3n) is 3.62. The van der Waals surface area contributed by atoms with Crippen LogP contribution in [0.3, 0.4) is 0 Å². The van der Waals surface area contributed by atoms with Crippen LogP contribution in [0.5, 0.6) is 0 Å². The number of hydrogen-bond donors (Lipinski definition) is 1. The van der Waals surface area contributed by atoms with Gasteiger partial charge in [0.15, 0.2) is 6.61 Å². The number of nitrogens with two attached hydrogens (primary N) is 1. The van der Waals surface area contributed by atoms with Gasteiger partial charge in [-0.15, -0.1) is 0 Å². The SMILES string of the molecule is Cn1c(N)c(C(=O)COC(=O)/C=C/c2ccc(Cl)cc2)c(=O)n(C)c1=O. The summed E-state index contributed by atoms with van der Waals surface area (Å²) < 4.78 is 6.56. The molecule has 1 aromatic heterocycles. The third kappa shape index (κ3) is 4.09. The van der Waals surface area contributed by atoms with Gasteiger partial charge in [0, 0.05) is 25.2 Å². The first-order valence-corrected chi connectivity index (χ1v) is 7.79. The van der Waals surface area contributed by atoms with E-state index >= 15 is 0 Å². The number of benzene rings is 1. The summed E-state index contributed by atoms with van der Waals surface area (Å²) in [6, 6.07) is 6.72. The maximum Gasteiger partial charge on any atom is 0.332 e. The van der Waals surface area contributed by atoms with Crippen molar-refractivity contribution in [1.29, 1.82) is 0 Å². The Labute approximate surface area is 153 Å². The summed E-state index contributed by atoms with van der Waals surface area (Å²) in [5.74, 6) is -1.85. The standard InChI is InChI=1S/C17H16ClN3O5/c1-20-15(19)14(16(24)21(2)17(20)25)12(22)9-26-13(23)8-5-10-3-6-11(18)7-4-10/h3-8H,9,19H2,1-2H3/b8-5+. The van der Waals surface area contributed by atoms with Crippen LogP contribution in [0.15, 0.2) is 39.9 Å². The lowest BCUT2D eigenvalue weighted by molar-refractivity contribution is -0.136. The molecular formula is C17H16ClN3O5. The molecule has 0 unspecified atom stereocenters. The van der Waals surface area contributed by atoms with Crippen molar-refractivity contribution in [2.75, 3.05) is 12.3 Å². The summed E-state index contributed by atoms with van der Waals surface area (Å²) in [4.78, 5) is 47.7. The zero-order valence-corrected chi connectivity index (χ0v) is 14.8. The molecule has 0 aliphatic rings. The number of hydrogen-bond acceptors (Lipinski definition) is 6. The average Bonchev–Trinajstić information content (AvgIpc) is 2.62. The number of rotatable bonds is 5. The van der Waals surface area contributed by atoms with Crippen LogP contribution < -0.4 is 17.0 Å². The summed E-state index contributed by atoms with van der Waals surface area (Å²) in [5, 5.41) is 0.562. The fraction of sp³-hybridized carbons (Fsp3) is 0.176. The van der Waals surface area contributed by atoms with Gasteiger partial charge in [-0.25, -0.2) is 9.59 Å². The summed E-state index contributed by atoms with van der Waals surface area (Å²) in [7, 11) is 2.55. The minimum atomic E-state index is -0.844. The number of Topliss-reactive ketones (excluding diaryl/α,β-unsaturated/α-hetero) is 1. The minimum absolute atomic E-state index is 0.282. The van der Waals surface area contributed by atoms with Gasteiger partial charge < -0.3 is 10.5 Å². The first kappa shape index (κ1) is 19.2. The molecule has 0 saturated carbocycles. The Bertz CT molecular complexity index is 1000. The molecule has 0 atom stereocenters. The average molecular weight is 378 g/mol. The van der Waals surface area contributed by atoms with Crippen molar-refractivity contribution in [2.24, 2.45) is 14.1 Å². The van der Waals surface area contributed by atoms with Gasteiger partial charge in [-0.2, -0.15) is 0 Å². The molecule has 2 rings (SSSR count). The second-order valence-corrected chi connectivity index (χ2v) is 5.82. The Hall–Kier alpha value is -3.13. The van der Waals surface area contributed by atoms with E-state index in [4.69, 9.17) is 22.1 Å². The Morgan fingerprint density at radius 2 is 1.77 bits per heavy atom. The Morgan fingerprint density at radius 3 is 2.38 bits per heavy atom. The molecule has 1 heterocycles. The Balaban J connectivity index is 2.09. The van der Waals surface area contributed by atoms with Crippen LogP contribution >= 0.6 is 11.6 Å². The van der Waals surface area contributed by atoms with Crippen LogP contribution in [-0.4, -0.2) is 27.5 Å². The van der Waals surface area contributed by atoms with Crippen molar-refractivity contribution < 1.29 is 14.3 Å². The van der Waals surface area contributed by atoms with Crippen LogP contribution in [0.4, 0.5) is 5.82 Å². The van der Waals surface area contributed by atoms with Gasteiger partial charge in [0.2, 0.25) is 5.78 Å². The first-order valence-electron chi connectivity index (χ1n) is 7.41. The third-order valence-corrected chi connectivity index (χ3v) is 3.87. The fourth-order valence-electron chi connectivity index (χ4n) is 2.12. The molecule has 1 aromatic carbocycles. The molecule has 2 aromatic rings. The lowest BCUT2D eigenvalue weighted by Crippen LogP contribution is -2.42. The van der Waals surface area contributed by atoms with Gasteiger partial charge >= 0.3 is 11.7 Å². The fourth-order valence-corrected chi connectivity index (χ4v) is 2.24. The molecule has 0 spiro atoms. The maximum atomic E-state index is 12.2. The Morgan fingerprint density at radius 1 is 1.15 bits per heavy atom. The second kappa shape index (κ2) is 7.83. The number of carbonyl (C=O) groups excluding carboxylic acids is 2. The number of ether oxygens (including phenoxy) is 1. The molecule has 0 fully saturated rings. The van der Waals surface area contributed by atoms with Crippen molar-refractivity contribution in [3.63, 3.8) is 0 Å². The predicted molar refractivity (Wildman–Crippen MR) is 97.1 cm³/mol. The summed E-state index contributed by atoms with van der Waals surface area (Å²) in [6.45, 7) is -0.679. The van der Waals surface area contributed by atoms with E-state index < -0.39 is 35.2 Å². The van der Waals surface area contributed by atoms with Crippen LogP contribution in [0.2, 0.25) is 5.02 Å². The summed E-state index contributed by atoms with van der Waals surface area (Å²) >= 11 is 5.76. The van der Waals surface area contributed by atoms with Gasteiger partial charge in [-0.1, -0.05) is 23.7 Å². The van der Waals surface area contributed by atoms with Crippen molar-refractivity contribution in [3.05, 3.63) is 67.3 Å². The van der Waals surface area contributed by atoms with E-state index in [1.54, 1.807) is 24.3 Å². The van der Waals surface area contributed by atoms with Gasteiger partial charge in [-0.3, -0.25) is 18.7 Å². The van der Waals surface area contributed by atoms with Gasteiger partial charge in [-0.05, 0) is 23.8 Å². The zero-order chi connectivity index (χ0) is 19.4. The summed E-state index contributed by atoms with van der Waals surface area (Å²) in [5.41, 5.74) is 4.48. The molecule has 2 N–H and O–H groups in total. The van der Waals surface area contributed by atoms with Crippen LogP contribution in [-0.2, 0) is 23.6 Å². The molecule has 0 bridgehead atoms.